The molecule has 0 heterocycles. The van der Waals surface area contributed by atoms with Crippen LogP contribution in [0.3, 0.4) is 0 Å². The zero-order valence-corrected chi connectivity index (χ0v) is 13.4. The summed E-state index contributed by atoms with van der Waals surface area (Å²) in [5, 5.41) is 3.54. The highest BCUT2D eigenvalue weighted by Crippen LogP contribution is 2.29. The maximum absolute atomic E-state index is 13.5. The number of halogens is 1. The molecule has 3 atom stereocenters. The minimum atomic E-state index is -0.218. The van der Waals surface area contributed by atoms with Gasteiger partial charge in [0, 0.05) is 11.6 Å². The lowest BCUT2D eigenvalue weighted by atomic mass is 9.83. The number of allylic oxidation sites excluding steroid dienone is 2. The molecule has 21 heavy (non-hydrogen) atoms. The third kappa shape index (κ3) is 4.31. The molecule has 0 amide bonds. The summed E-state index contributed by atoms with van der Waals surface area (Å²) in [4.78, 5) is 0. The van der Waals surface area contributed by atoms with Crippen LogP contribution >= 0.6 is 0 Å². The second-order valence-electron chi connectivity index (χ2n) is 6.31. The molecule has 1 aromatic carbocycles. The van der Waals surface area contributed by atoms with Crippen molar-refractivity contribution < 1.29 is 9.13 Å². The molecule has 2 nitrogen and oxygen atoms in total. The summed E-state index contributed by atoms with van der Waals surface area (Å²) in [7, 11) is 1.63. The molecule has 3 heteroatoms. The molecule has 1 N–H and O–H groups in total. The lowest BCUT2D eigenvalue weighted by molar-refractivity contribution is 0.359. The van der Waals surface area contributed by atoms with Gasteiger partial charge in [0.2, 0.25) is 0 Å². The average molecular weight is 291 g/mol. The molecule has 0 saturated carbocycles. The van der Waals surface area contributed by atoms with Gasteiger partial charge in [0.1, 0.15) is 11.6 Å². The second kappa shape index (κ2) is 7.08. The molecular formula is C18H26FNO. The van der Waals surface area contributed by atoms with Crippen LogP contribution in [0.4, 0.5) is 4.39 Å². The van der Waals surface area contributed by atoms with E-state index in [1.54, 1.807) is 19.2 Å². The molecule has 0 aromatic heterocycles. The number of methoxy groups -OCH3 is 1. The molecule has 1 aliphatic carbocycles. The van der Waals surface area contributed by atoms with E-state index in [1.165, 1.54) is 18.1 Å². The van der Waals surface area contributed by atoms with Crippen LogP contribution in [-0.2, 0) is 0 Å². The molecule has 0 fully saturated rings. The minimum Gasteiger partial charge on any atom is -0.496 e. The predicted octanol–water partition coefficient (Wildman–Crippen LogP) is 4.48. The Morgan fingerprint density at radius 3 is 2.86 bits per heavy atom. The molecule has 1 aliphatic rings. The van der Waals surface area contributed by atoms with E-state index in [9.17, 15) is 4.39 Å². The largest absolute Gasteiger partial charge is 0.496 e. The summed E-state index contributed by atoms with van der Waals surface area (Å²) < 4.78 is 18.8. The van der Waals surface area contributed by atoms with Crippen molar-refractivity contribution in [3.8, 4) is 5.75 Å². The summed E-state index contributed by atoms with van der Waals surface area (Å²) in [5.41, 5.74) is 2.37. The van der Waals surface area contributed by atoms with Gasteiger partial charge in [0.15, 0.2) is 0 Å². The Bertz CT molecular complexity index is 512. The lowest BCUT2D eigenvalue weighted by Gasteiger charge is -2.27. The third-order valence-electron chi connectivity index (χ3n) is 4.26. The highest BCUT2D eigenvalue weighted by Gasteiger charge is 2.19. The fourth-order valence-corrected chi connectivity index (χ4v) is 3.34. The van der Waals surface area contributed by atoms with Gasteiger partial charge in [0.25, 0.3) is 0 Å². The van der Waals surface area contributed by atoms with E-state index in [-0.39, 0.29) is 11.9 Å². The van der Waals surface area contributed by atoms with Gasteiger partial charge in [-0.3, -0.25) is 0 Å². The standard InChI is InChI=1S/C18H26FNO/c1-12-7-13(2)9-15(8-12)11-20-14(3)17-10-16(19)5-6-18(17)21-4/h5-7,10,12,14-15,20H,8-9,11H2,1-4H3. The molecule has 0 saturated heterocycles. The summed E-state index contributed by atoms with van der Waals surface area (Å²) >= 11 is 0. The average Bonchev–Trinajstić information content (AvgIpc) is 2.43. The fraction of sp³-hybridized carbons (Fsp3) is 0.556. The molecule has 0 radical (unpaired) electrons. The Hall–Kier alpha value is -1.35. The Kier molecular flexibility index (Phi) is 5.40. The molecule has 3 unspecified atom stereocenters. The van der Waals surface area contributed by atoms with Gasteiger partial charge in [-0.05, 0) is 63.3 Å². The van der Waals surface area contributed by atoms with Crippen LogP contribution in [0.2, 0.25) is 0 Å². The van der Waals surface area contributed by atoms with Crippen molar-refractivity contribution in [2.75, 3.05) is 13.7 Å². The third-order valence-corrected chi connectivity index (χ3v) is 4.26. The first-order valence-corrected chi connectivity index (χ1v) is 7.73. The zero-order chi connectivity index (χ0) is 15.4. The highest BCUT2D eigenvalue weighted by molar-refractivity contribution is 5.36. The zero-order valence-electron chi connectivity index (χ0n) is 13.4. The molecular weight excluding hydrogens is 265 g/mol. The van der Waals surface area contributed by atoms with Crippen LogP contribution in [0.15, 0.2) is 29.8 Å². The van der Waals surface area contributed by atoms with Crippen LogP contribution in [0.1, 0.15) is 45.2 Å². The predicted molar refractivity (Wildman–Crippen MR) is 85.0 cm³/mol. The van der Waals surface area contributed by atoms with Crippen LogP contribution in [-0.4, -0.2) is 13.7 Å². The van der Waals surface area contributed by atoms with Gasteiger partial charge < -0.3 is 10.1 Å². The quantitative estimate of drug-likeness (QED) is 0.808. The van der Waals surface area contributed by atoms with Crippen molar-refractivity contribution >= 4 is 0 Å². The highest BCUT2D eigenvalue weighted by atomic mass is 19.1. The Labute approximate surface area is 127 Å². The van der Waals surface area contributed by atoms with E-state index in [0.29, 0.717) is 11.8 Å². The molecule has 0 spiro atoms. The van der Waals surface area contributed by atoms with Crippen LogP contribution in [0.5, 0.6) is 5.75 Å². The summed E-state index contributed by atoms with van der Waals surface area (Å²) in [6, 6.07) is 4.77. The first-order valence-electron chi connectivity index (χ1n) is 7.73. The van der Waals surface area contributed by atoms with Crippen molar-refractivity contribution in [1.82, 2.24) is 5.32 Å². The van der Waals surface area contributed by atoms with E-state index < -0.39 is 0 Å². The van der Waals surface area contributed by atoms with Crippen molar-refractivity contribution in [2.24, 2.45) is 11.8 Å². The van der Waals surface area contributed by atoms with Gasteiger partial charge in [-0.15, -0.1) is 0 Å². The van der Waals surface area contributed by atoms with E-state index in [0.717, 1.165) is 24.3 Å². The van der Waals surface area contributed by atoms with Crippen molar-refractivity contribution in [1.29, 1.82) is 0 Å². The van der Waals surface area contributed by atoms with E-state index in [4.69, 9.17) is 4.74 Å². The van der Waals surface area contributed by atoms with E-state index in [1.807, 2.05) is 0 Å². The number of ether oxygens (including phenoxy) is 1. The first kappa shape index (κ1) is 16.0. The van der Waals surface area contributed by atoms with Crippen LogP contribution in [0, 0.1) is 17.7 Å². The summed E-state index contributed by atoms with van der Waals surface area (Å²) in [6.07, 6.45) is 4.75. The monoisotopic (exact) mass is 291 g/mol. The maximum Gasteiger partial charge on any atom is 0.123 e. The molecule has 0 aliphatic heterocycles. The Morgan fingerprint density at radius 2 is 2.19 bits per heavy atom. The van der Waals surface area contributed by atoms with E-state index in [2.05, 4.69) is 32.2 Å². The number of hydrogen-bond acceptors (Lipinski definition) is 2. The van der Waals surface area contributed by atoms with Gasteiger partial charge in [0.05, 0.1) is 7.11 Å². The molecule has 0 bridgehead atoms. The van der Waals surface area contributed by atoms with Crippen molar-refractivity contribution in [2.45, 2.75) is 39.7 Å². The smallest absolute Gasteiger partial charge is 0.123 e. The van der Waals surface area contributed by atoms with Crippen LogP contribution < -0.4 is 10.1 Å². The number of hydrogen-bond donors (Lipinski definition) is 1. The molecule has 116 valence electrons. The SMILES string of the molecule is COc1ccc(F)cc1C(C)NCC1CC(C)=CC(C)C1. The first-order chi connectivity index (χ1) is 9.99. The van der Waals surface area contributed by atoms with E-state index >= 15 is 0 Å². The Balaban J connectivity index is 1.97. The Morgan fingerprint density at radius 1 is 1.43 bits per heavy atom. The minimum absolute atomic E-state index is 0.0807. The fourth-order valence-electron chi connectivity index (χ4n) is 3.34. The number of rotatable bonds is 5. The normalized spacial score (nSPS) is 23.6. The topological polar surface area (TPSA) is 21.3 Å². The number of benzene rings is 1. The van der Waals surface area contributed by atoms with Gasteiger partial charge in [-0.2, -0.15) is 0 Å². The van der Waals surface area contributed by atoms with Crippen molar-refractivity contribution in [3.63, 3.8) is 0 Å². The molecule has 1 aromatic rings. The second-order valence-corrected chi connectivity index (χ2v) is 6.31. The lowest BCUT2D eigenvalue weighted by Crippen LogP contribution is -2.28. The van der Waals surface area contributed by atoms with Gasteiger partial charge >= 0.3 is 0 Å². The van der Waals surface area contributed by atoms with Gasteiger partial charge in [-0.1, -0.05) is 18.6 Å². The summed E-state index contributed by atoms with van der Waals surface area (Å²) in [6.45, 7) is 7.50. The summed E-state index contributed by atoms with van der Waals surface area (Å²) in [5.74, 6) is 1.84. The van der Waals surface area contributed by atoms with Crippen molar-refractivity contribution in [3.05, 3.63) is 41.2 Å². The van der Waals surface area contributed by atoms with Crippen LogP contribution in [0.25, 0.3) is 0 Å². The number of nitrogens with one attached hydrogen (secondary N) is 1. The van der Waals surface area contributed by atoms with Gasteiger partial charge in [-0.25, -0.2) is 4.39 Å². The molecule has 2 rings (SSSR count). The maximum atomic E-state index is 13.5.